The normalized spacial score (nSPS) is 38.2. The van der Waals surface area contributed by atoms with Crippen LogP contribution < -0.4 is 5.11 Å². The molecule has 0 spiro atoms. The monoisotopic (exact) mass is 128 g/mol. The first-order valence-corrected chi connectivity index (χ1v) is 1.55. The Kier molecular flexibility index (Phi) is 0.269. The fraction of sp³-hybridized carbons (Fsp3) is 0.800. The summed E-state index contributed by atoms with van der Waals surface area (Å²) >= 11 is 0. The van der Waals surface area contributed by atoms with E-state index < -0.39 is 37.9 Å². The highest BCUT2D eigenvalue weighted by Gasteiger charge is 2.04. The van der Waals surface area contributed by atoms with Gasteiger partial charge in [-0.25, -0.2) is 0 Å². The van der Waals surface area contributed by atoms with Crippen LogP contribution in [0.25, 0.3) is 0 Å². The molecular formula is C5H11NO2. The van der Waals surface area contributed by atoms with Gasteiger partial charge in [0.1, 0.15) is 6.50 Å². The average Bonchev–Trinajstić information content (AvgIpc) is 1.92. The Hall–Kier alpha value is -0.570. The Morgan fingerprint density at radius 3 is 2.50 bits per heavy atom. The van der Waals surface area contributed by atoms with Gasteiger partial charge in [0.2, 0.25) is 0 Å². The van der Waals surface area contributed by atoms with Crippen molar-refractivity contribution in [2.75, 3.05) is 27.4 Å². The number of nitrogens with zero attached hydrogens (tertiary/aromatic N) is 1. The highest BCUT2D eigenvalue weighted by molar-refractivity contribution is 5.65. The zero-order valence-electron chi connectivity index (χ0n) is 14.8. The highest BCUT2D eigenvalue weighted by atomic mass is 16.4. The van der Waals surface area contributed by atoms with Gasteiger partial charge in [-0.2, -0.15) is 0 Å². The molecule has 0 saturated heterocycles. The lowest BCUT2D eigenvalue weighted by atomic mass is 10.5. The molecule has 0 aliphatic carbocycles. The van der Waals surface area contributed by atoms with Crippen LogP contribution in [0, 0.1) is 0 Å². The molecule has 0 atom stereocenters. The van der Waals surface area contributed by atoms with E-state index in [4.69, 9.17) is 15.1 Å². The van der Waals surface area contributed by atoms with Crippen molar-refractivity contribution in [3.63, 3.8) is 0 Å². The van der Waals surface area contributed by atoms with Crippen LogP contribution >= 0.6 is 0 Å². The van der Waals surface area contributed by atoms with Gasteiger partial charge < -0.3 is 14.4 Å². The lowest BCUT2D eigenvalue weighted by Gasteiger charge is -2.23. The van der Waals surface area contributed by atoms with Crippen LogP contribution in [0.1, 0.15) is 15.1 Å². The van der Waals surface area contributed by atoms with E-state index in [-0.39, 0.29) is 0 Å². The molecule has 0 aliphatic heterocycles. The second-order valence-electron chi connectivity index (χ2n) is 1.07. The summed E-state index contributed by atoms with van der Waals surface area (Å²) in [5.74, 6) is -2.74. The summed E-state index contributed by atoms with van der Waals surface area (Å²) in [5.41, 5.74) is 0. The summed E-state index contributed by atoms with van der Waals surface area (Å²) in [6.45, 7) is -16.1. The Bertz CT molecular complexity index is 327. The van der Waals surface area contributed by atoms with Gasteiger partial charge in [-0.1, -0.05) is 0 Å². The van der Waals surface area contributed by atoms with Gasteiger partial charge in [0, 0.05) is 0 Å². The lowest BCUT2D eigenvalue weighted by Crippen LogP contribution is -2.45. The van der Waals surface area contributed by atoms with Crippen molar-refractivity contribution in [3.05, 3.63) is 0 Å². The van der Waals surface area contributed by atoms with Crippen LogP contribution in [0.2, 0.25) is 0 Å². The fourth-order valence-corrected chi connectivity index (χ4v) is 0.137. The number of carbonyl (C=O) groups is 1. The van der Waals surface area contributed by atoms with E-state index in [0.29, 0.717) is 0 Å². The second-order valence-corrected chi connectivity index (χ2v) is 1.07. The second kappa shape index (κ2) is 2.13. The molecule has 0 fully saturated rings. The molecule has 0 saturated carbocycles. The van der Waals surface area contributed by atoms with Gasteiger partial charge in [0.25, 0.3) is 0 Å². The van der Waals surface area contributed by atoms with Crippen molar-refractivity contribution in [2.24, 2.45) is 0 Å². The molecule has 0 N–H and O–H groups in total. The quantitative estimate of drug-likeness (QED) is 0.422. The van der Waals surface area contributed by atoms with E-state index in [1.54, 1.807) is 0 Å². The van der Waals surface area contributed by atoms with Gasteiger partial charge >= 0.3 is 0 Å². The van der Waals surface area contributed by atoms with E-state index in [1.807, 2.05) is 0 Å². The first-order chi connectivity index (χ1) is 7.94. The van der Waals surface area contributed by atoms with Crippen LogP contribution in [-0.2, 0) is 4.79 Å². The minimum absolute atomic E-state index is 2.74. The van der Waals surface area contributed by atoms with E-state index >= 15 is 0 Å². The summed E-state index contributed by atoms with van der Waals surface area (Å²) in [7, 11) is 0. The summed E-state index contributed by atoms with van der Waals surface area (Å²) in [6, 6.07) is 0. The number of rotatable bonds is 2. The first kappa shape index (κ1) is 1.01. The highest BCUT2D eigenvalue weighted by Crippen LogP contribution is 1.84. The largest absolute Gasteiger partial charge is 0.544 e. The maximum absolute atomic E-state index is 10.8. The average molecular weight is 128 g/mol. The molecule has 0 heterocycles. The van der Waals surface area contributed by atoms with Crippen molar-refractivity contribution in [3.8, 4) is 0 Å². The van der Waals surface area contributed by atoms with Crippen LogP contribution in [0.4, 0.5) is 0 Å². The number of hydrogen-bond acceptors (Lipinski definition) is 2. The molecular weight excluding hydrogens is 106 g/mol. The minimum atomic E-state index is -4.18. The standard InChI is InChI=1S/C5H11NO2/c1-6(2,3)4-5(7)8/h4H2,1-3H3/i1D3,2D3,3D3,4D2. The molecule has 0 radical (unpaired) electrons. The van der Waals surface area contributed by atoms with Gasteiger partial charge in [0.15, 0.2) is 0 Å². The summed E-state index contributed by atoms with van der Waals surface area (Å²) < 4.78 is 74.5. The number of carboxylic acids is 1. The Morgan fingerprint density at radius 1 is 1.88 bits per heavy atom. The third-order valence-electron chi connectivity index (χ3n) is 0.259. The van der Waals surface area contributed by atoms with Crippen molar-refractivity contribution in [1.82, 2.24) is 0 Å². The van der Waals surface area contributed by atoms with Gasteiger partial charge in [-0.15, -0.1) is 0 Å². The number of carboxylic acid groups (broad SMARTS) is 1. The number of carbonyl (C=O) groups excluding carboxylic acids is 1. The maximum Gasteiger partial charge on any atom is 0.118 e. The van der Waals surface area contributed by atoms with Crippen molar-refractivity contribution in [1.29, 1.82) is 0 Å². The number of aliphatic carboxylic acids is 1. The molecule has 48 valence electrons. The zero-order chi connectivity index (χ0) is 16.1. The molecule has 3 heteroatoms. The summed E-state index contributed by atoms with van der Waals surface area (Å²) in [4.78, 5) is 10.8. The van der Waals surface area contributed by atoms with E-state index in [1.165, 1.54) is 0 Å². The van der Waals surface area contributed by atoms with Crippen molar-refractivity contribution < 1.29 is 29.5 Å². The molecule has 0 aliphatic rings. The third-order valence-corrected chi connectivity index (χ3v) is 0.259. The van der Waals surface area contributed by atoms with Crippen LogP contribution in [0.3, 0.4) is 0 Å². The number of hydrogen-bond donors (Lipinski definition) is 0. The molecule has 8 heavy (non-hydrogen) atoms. The summed E-state index contributed by atoms with van der Waals surface area (Å²) in [6.07, 6.45) is 0. The smallest absolute Gasteiger partial charge is 0.118 e. The molecule has 0 aromatic rings. The Labute approximate surface area is 64.6 Å². The van der Waals surface area contributed by atoms with E-state index in [9.17, 15) is 9.90 Å². The predicted molar refractivity (Wildman–Crippen MR) is 27.9 cm³/mol. The summed E-state index contributed by atoms with van der Waals surface area (Å²) in [5, 5.41) is 10.8. The topological polar surface area (TPSA) is 40.1 Å². The van der Waals surface area contributed by atoms with Crippen molar-refractivity contribution >= 4 is 5.97 Å². The SMILES string of the molecule is [2H]C([2H])([2H])[N+](C([2H])([2H])[2H])(C([2H])([2H])[2H])C([2H])([2H])C(=O)[O-]. The maximum atomic E-state index is 10.8. The number of likely N-dealkylation sites (N-methyl/N-ethyl adjacent to an activating group) is 1. The molecule has 3 nitrogen and oxygen atoms in total. The molecule has 0 aromatic carbocycles. The minimum Gasteiger partial charge on any atom is -0.544 e. The van der Waals surface area contributed by atoms with Crippen LogP contribution in [0.5, 0.6) is 0 Å². The first-order valence-electron chi connectivity index (χ1n) is 7.05. The van der Waals surface area contributed by atoms with Crippen molar-refractivity contribution in [2.45, 2.75) is 0 Å². The molecule has 0 amide bonds. The molecule has 0 rings (SSSR count). The third kappa shape index (κ3) is 5.43. The Morgan fingerprint density at radius 2 is 2.38 bits per heavy atom. The molecule has 0 bridgehead atoms. The van der Waals surface area contributed by atoms with Gasteiger partial charge in [0.05, 0.1) is 42.0 Å². The number of quaternary nitrogens is 1. The van der Waals surface area contributed by atoms with E-state index in [0.717, 1.165) is 0 Å². The lowest BCUT2D eigenvalue weighted by molar-refractivity contribution is -0.864. The molecule has 0 unspecified atom stereocenters. The Balaban J connectivity index is 6.72. The van der Waals surface area contributed by atoms with Gasteiger partial charge in [-0.3, -0.25) is 0 Å². The zero-order valence-corrected chi connectivity index (χ0v) is 3.76. The van der Waals surface area contributed by atoms with Crippen LogP contribution in [-0.4, -0.2) is 37.9 Å². The molecule has 0 aromatic heterocycles. The fourth-order valence-electron chi connectivity index (χ4n) is 0.137. The van der Waals surface area contributed by atoms with E-state index in [2.05, 4.69) is 0 Å². The predicted octanol–water partition coefficient (Wildman–Crippen LogP) is -1.56. The van der Waals surface area contributed by atoms with Crippen LogP contribution in [0.15, 0.2) is 0 Å². The van der Waals surface area contributed by atoms with Gasteiger partial charge in [-0.05, 0) is 0 Å².